The van der Waals surface area contributed by atoms with Crippen molar-refractivity contribution in [2.75, 3.05) is 5.73 Å². The van der Waals surface area contributed by atoms with Gasteiger partial charge >= 0.3 is 6.18 Å². The van der Waals surface area contributed by atoms with Crippen molar-refractivity contribution in [3.8, 4) is 0 Å². The van der Waals surface area contributed by atoms with Crippen molar-refractivity contribution < 1.29 is 13.2 Å². The van der Waals surface area contributed by atoms with E-state index in [1.54, 1.807) is 0 Å². The average molecular weight is 221 g/mol. The third kappa shape index (κ3) is 1.95. The molecule has 0 spiro atoms. The molecular formula is C8H10F3N3O. The average Bonchev–Trinajstić information content (AvgIpc) is 2.07. The van der Waals surface area contributed by atoms with Crippen LogP contribution in [0, 0.1) is 0 Å². The van der Waals surface area contributed by atoms with Crippen LogP contribution < -0.4 is 11.3 Å². The van der Waals surface area contributed by atoms with Gasteiger partial charge in [0.2, 0.25) is 0 Å². The van der Waals surface area contributed by atoms with Crippen molar-refractivity contribution >= 4 is 5.69 Å². The predicted octanol–water partition coefficient (Wildman–Crippen LogP) is 1.19. The third-order valence-electron chi connectivity index (χ3n) is 2.13. The van der Waals surface area contributed by atoms with Gasteiger partial charge in [-0.15, -0.1) is 0 Å². The molecule has 0 aliphatic heterocycles. The van der Waals surface area contributed by atoms with E-state index in [4.69, 9.17) is 5.73 Å². The fourth-order valence-electron chi connectivity index (χ4n) is 0.857. The van der Waals surface area contributed by atoms with Crippen LogP contribution in [0.2, 0.25) is 0 Å². The van der Waals surface area contributed by atoms with Crippen LogP contribution in [0.15, 0.2) is 11.0 Å². The Morgan fingerprint density at radius 2 is 1.93 bits per heavy atom. The first-order chi connectivity index (χ1) is 6.66. The molecule has 1 aromatic heterocycles. The molecule has 1 heterocycles. The van der Waals surface area contributed by atoms with Crippen LogP contribution in [0.25, 0.3) is 0 Å². The molecule has 4 nitrogen and oxygen atoms in total. The summed E-state index contributed by atoms with van der Waals surface area (Å²) in [5, 5.41) is 0. The van der Waals surface area contributed by atoms with Crippen molar-refractivity contribution in [2.45, 2.75) is 25.4 Å². The molecule has 7 heteroatoms. The van der Waals surface area contributed by atoms with Gasteiger partial charge in [-0.1, -0.05) is 0 Å². The summed E-state index contributed by atoms with van der Waals surface area (Å²) in [7, 11) is 0. The molecular weight excluding hydrogens is 211 g/mol. The topological polar surface area (TPSA) is 71.8 Å². The minimum Gasteiger partial charge on any atom is -0.393 e. The van der Waals surface area contributed by atoms with Crippen LogP contribution in [0.4, 0.5) is 18.9 Å². The highest BCUT2D eigenvalue weighted by atomic mass is 19.4. The number of aromatic amines is 1. The van der Waals surface area contributed by atoms with Crippen molar-refractivity contribution in [1.82, 2.24) is 9.97 Å². The van der Waals surface area contributed by atoms with E-state index in [0.717, 1.165) is 20.0 Å². The van der Waals surface area contributed by atoms with E-state index >= 15 is 0 Å². The van der Waals surface area contributed by atoms with Crippen LogP contribution in [0.3, 0.4) is 0 Å². The van der Waals surface area contributed by atoms with Crippen LogP contribution in [0.1, 0.15) is 19.7 Å². The lowest BCUT2D eigenvalue weighted by Gasteiger charge is -2.26. The minimum atomic E-state index is -4.49. The lowest BCUT2D eigenvalue weighted by molar-refractivity contribution is -0.182. The maximum atomic E-state index is 12.6. The van der Waals surface area contributed by atoms with Crippen molar-refractivity contribution in [3.05, 3.63) is 22.4 Å². The highest BCUT2D eigenvalue weighted by Crippen LogP contribution is 2.38. The normalized spacial score (nSPS) is 12.9. The minimum absolute atomic E-state index is 0.211. The molecule has 0 radical (unpaired) electrons. The second-order valence-corrected chi connectivity index (χ2v) is 3.64. The Labute approximate surface area is 83.3 Å². The monoisotopic (exact) mass is 221 g/mol. The molecule has 0 aliphatic rings. The Bertz CT molecular complexity index is 422. The molecule has 0 saturated heterocycles. The maximum Gasteiger partial charge on any atom is 0.400 e. The number of nitrogens with zero attached hydrogens (tertiary/aromatic N) is 1. The fraction of sp³-hybridized carbons (Fsp3) is 0.500. The standard InChI is InChI=1S/C8H10F3N3O/c1-7(2,8(9,10)11)6-13-3-4(12)5(15)14-6/h3H,12H2,1-2H3,(H,13,14,15). The molecule has 84 valence electrons. The van der Waals surface area contributed by atoms with E-state index in [9.17, 15) is 18.0 Å². The quantitative estimate of drug-likeness (QED) is 0.748. The van der Waals surface area contributed by atoms with E-state index in [1.807, 2.05) is 4.98 Å². The second kappa shape index (κ2) is 3.25. The number of nitrogens with two attached hydrogens (primary N) is 1. The Kier molecular flexibility index (Phi) is 2.50. The Balaban J connectivity index is 3.29. The van der Waals surface area contributed by atoms with Gasteiger partial charge in [0.05, 0.1) is 6.20 Å². The summed E-state index contributed by atoms with van der Waals surface area (Å²) in [4.78, 5) is 16.5. The number of nitrogens with one attached hydrogen (secondary N) is 1. The number of hydrogen-bond acceptors (Lipinski definition) is 3. The zero-order valence-corrected chi connectivity index (χ0v) is 8.14. The summed E-state index contributed by atoms with van der Waals surface area (Å²) in [5.41, 5.74) is 1.97. The number of nitrogen functional groups attached to an aromatic ring is 1. The van der Waals surface area contributed by atoms with Crippen molar-refractivity contribution in [1.29, 1.82) is 0 Å². The summed E-state index contributed by atoms with van der Waals surface area (Å²) >= 11 is 0. The molecule has 0 amide bonds. The van der Waals surface area contributed by atoms with E-state index < -0.39 is 23.0 Å². The Hall–Kier alpha value is -1.53. The van der Waals surface area contributed by atoms with Crippen LogP contribution in [-0.2, 0) is 5.41 Å². The largest absolute Gasteiger partial charge is 0.400 e. The van der Waals surface area contributed by atoms with Gasteiger partial charge in [0.25, 0.3) is 5.56 Å². The van der Waals surface area contributed by atoms with Gasteiger partial charge in [0, 0.05) is 0 Å². The summed E-state index contributed by atoms with van der Waals surface area (Å²) in [6, 6.07) is 0. The number of halogens is 3. The van der Waals surface area contributed by atoms with E-state index in [0.29, 0.717) is 0 Å². The lowest BCUT2D eigenvalue weighted by Crippen LogP contribution is -2.39. The van der Waals surface area contributed by atoms with Gasteiger partial charge in [-0.05, 0) is 13.8 Å². The molecule has 0 aliphatic carbocycles. The van der Waals surface area contributed by atoms with Gasteiger partial charge in [-0.25, -0.2) is 4.98 Å². The number of H-pyrrole nitrogens is 1. The molecule has 0 saturated carbocycles. The summed E-state index contributed by atoms with van der Waals surface area (Å²) in [6.45, 7) is 1.86. The molecule has 0 bridgehead atoms. The third-order valence-corrected chi connectivity index (χ3v) is 2.13. The van der Waals surface area contributed by atoms with Gasteiger partial charge in [0.1, 0.15) is 16.9 Å². The molecule has 0 unspecified atom stereocenters. The maximum absolute atomic E-state index is 12.6. The first-order valence-corrected chi connectivity index (χ1v) is 4.08. The SMILES string of the molecule is CC(C)(c1ncc(N)c(=O)[nH]1)C(F)(F)F. The van der Waals surface area contributed by atoms with E-state index in [2.05, 4.69) is 4.98 Å². The van der Waals surface area contributed by atoms with Gasteiger partial charge in [-0.2, -0.15) is 13.2 Å². The number of anilines is 1. The van der Waals surface area contributed by atoms with Crippen molar-refractivity contribution in [2.24, 2.45) is 0 Å². The van der Waals surface area contributed by atoms with Crippen LogP contribution in [0.5, 0.6) is 0 Å². The molecule has 15 heavy (non-hydrogen) atoms. The Morgan fingerprint density at radius 1 is 1.40 bits per heavy atom. The molecule has 1 aromatic rings. The highest BCUT2D eigenvalue weighted by molar-refractivity contribution is 5.31. The molecule has 0 aromatic carbocycles. The molecule has 3 N–H and O–H groups in total. The number of hydrogen-bond donors (Lipinski definition) is 2. The zero-order valence-electron chi connectivity index (χ0n) is 8.14. The second-order valence-electron chi connectivity index (χ2n) is 3.64. The highest BCUT2D eigenvalue weighted by Gasteiger charge is 2.50. The molecule has 0 atom stereocenters. The lowest BCUT2D eigenvalue weighted by atomic mass is 9.91. The van der Waals surface area contributed by atoms with Gasteiger partial charge in [0.15, 0.2) is 0 Å². The first-order valence-electron chi connectivity index (χ1n) is 4.08. The first kappa shape index (κ1) is 11.5. The summed E-state index contributed by atoms with van der Waals surface area (Å²) in [6.07, 6.45) is -3.57. The molecule has 0 fully saturated rings. The number of aromatic nitrogens is 2. The zero-order chi connectivity index (χ0) is 11.9. The number of rotatable bonds is 1. The summed E-state index contributed by atoms with van der Waals surface area (Å²) < 4.78 is 37.7. The van der Waals surface area contributed by atoms with E-state index in [-0.39, 0.29) is 5.69 Å². The molecule has 1 rings (SSSR count). The summed E-state index contributed by atoms with van der Waals surface area (Å²) in [5.74, 6) is -0.450. The van der Waals surface area contributed by atoms with E-state index in [1.165, 1.54) is 0 Å². The van der Waals surface area contributed by atoms with Crippen LogP contribution >= 0.6 is 0 Å². The van der Waals surface area contributed by atoms with Gasteiger partial charge < -0.3 is 10.7 Å². The fourth-order valence-corrected chi connectivity index (χ4v) is 0.857. The van der Waals surface area contributed by atoms with Crippen LogP contribution in [-0.4, -0.2) is 16.1 Å². The predicted molar refractivity (Wildman–Crippen MR) is 48.4 cm³/mol. The number of alkyl halides is 3. The smallest absolute Gasteiger partial charge is 0.393 e. The van der Waals surface area contributed by atoms with Gasteiger partial charge in [-0.3, -0.25) is 4.79 Å². The Morgan fingerprint density at radius 3 is 2.33 bits per heavy atom. The van der Waals surface area contributed by atoms with Crippen molar-refractivity contribution in [3.63, 3.8) is 0 Å².